The molecule has 1 rings (SSSR count). The number of rotatable bonds is 6. The number of sulfonamides is 1. The maximum absolute atomic E-state index is 12.4. The van der Waals surface area contributed by atoms with Crippen molar-refractivity contribution < 1.29 is 23.1 Å². The number of nitriles is 1. The largest absolute Gasteiger partial charge is 0.480 e. The van der Waals surface area contributed by atoms with Gasteiger partial charge in [-0.25, -0.2) is 8.42 Å². The number of nitrogens with zero attached hydrogens (tertiary/aromatic N) is 2. The van der Waals surface area contributed by atoms with Gasteiger partial charge in [-0.05, 0) is 18.2 Å². The van der Waals surface area contributed by atoms with E-state index in [1.54, 1.807) is 6.07 Å². The van der Waals surface area contributed by atoms with Crippen molar-refractivity contribution in [1.82, 2.24) is 4.31 Å². The first-order valence-corrected chi connectivity index (χ1v) is 7.20. The second-order valence-corrected chi connectivity index (χ2v) is 6.23. The second kappa shape index (κ2) is 6.53. The minimum atomic E-state index is -4.41. The fraction of sp³-hybridized carbons (Fsp3) is 0.182. The standard InChI is InChI=1S/C11H10ClN3O5S/c12-8-2-1-7(4-13)9(3-8)21(19,20)15(5-10(14)16)6-11(17)18/h1-3H,5-6H2,(H2,14,16)(H,17,18). The second-order valence-electron chi connectivity index (χ2n) is 3.89. The monoisotopic (exact) mass is 331 g/mol. The molecular formula is C11H10ClN3O5S. The number of hydrogen-bond acceptors (Lipinski definition) is 5. The summed E-state index contributed by atoms with van der Waals surface area (Å²) in [6.45, 7) is -1.80. The van der Waals surface area contributed by atoms with Crippen LogP contribution < -0.4 is 5.73 Å². The van der Waals surface area contributed by atoms with Gasteiger partial charge in [0.05, 0.1) is 12.1 Å². The number of halogens is 1. The van der Waals surface area contributed by atoms with Gasteiger partial charge in [0.2, 0.25) is 15.9 Å². The van der Waals surface area contributed by atoms with E-state index in [4.69, 9.17) is 27.7 Å². The van der Waals surface area contributed by atoms with Gasteiger partial charge in [0.1, 0.15) is 17.5 Å². The highest BCUT2D eigenvalue weighted by Crippen LogP contribution is 2.23. The Morgan fingerprint density at radius 2 is 2.00 bits per heavy atom. The predicted octanol–water partition coefficient (Wildman–Crippen LogP) is -0.228. The predicted molar refractivity (Wildman–Crippen MR) is 71.8 cm³/mol. The number of amides is 1. The molecular weight excluding hydrogens is 322 g/mol. The van der Waals surface area contributed by atoms with Crippen LogP contribution in [0.15, 0.2) is 23.1 Å². The fourth-order valence-electron chi connectivity index (χ4n) is 1.49. The molecule has 0 aromatic heterocycles. The first-order valence-electron chi connectivity index (χ1n) is 5.38. The first-order chi connectivity index (χ1) is 9.68. The molecule has 1 aromatic rings. The van der Waals surface area contributed by atoms with E-state index in [9.17, 15) is 18.0 Å². The Morgan fingerprint density at radius 3 is 2.48 bits per heavy atom. The number of hydrogen-bond donors (Lipinski definition) is 2. The van der Waals surface area contributed by atoms with E-state index in [0.717, 1.165) is 6.07 Å². The quantitative estimate of drug-likeness (QED) is 0.737. The average molecular weight is 332 g/mol. The molecule has 0 radical (unpaired) electrons. The number of carboxylic acids is 1. The third-order valence-electron chi connectivity index (χ3n) is 2.33. The van der Waals surface area contributed by atoms with Crippen molar-refractivity contribution in [2.75, 3.05) is 13.1 Å². The van der Waals surface area contributed by atoms with Gasteiger partial charge in [0.25, 0.3) is 0 Å². The maximum Gasteiger partial charge on any atom is 0.318 e. The first kappa shape index (κ1) is 16.9. The summed E-state index contributed by atoms with van der Waals surface area (Å²) < 4.78 is 25.1. The lowest BCUT2D eigenvalue weighted by Gasteiger charge is -2.19. The maximum atomic E-state index is 12.4. The van der Waals surface area contributed by atoms with Gasteiger partial charge in [0, 0.05) is 5.02 Å². The van der Waals surface area contributed by atoms with Crippen LogP contribution in [0.25, 0.3) is 0 Å². The number of primary amides is 1. The number of aliphatic carboxylic acids is 1. The Morgan fingerprint density at radius 1 is 1.38 bits per heavy atom. The smallest absolute Gasteiger partial charge is 0.318 e. The van der Waals surface area contributed by atoms with Gasteiger partial charge < -0.3 is 10.8 Å². The molecule has 0 aliphatic rings. The summed E-state index contributed by atoms with van der Waals surface area (Å²) in [7, 11) is -4.41. The van der Waals surface area contributed by atoms with Crippen molar-refractivity contribution in [2.45, 2.75) is 4.90 Å². The molecule has 0 spiro atoms. The van der Waals surface area contributed by atoms with Crippen molar-refractivity contribution >= 4 is 33.5 Å². The molecule has 0 aliphatic carbocycles. The lowest BCUT2D eigenvalue weighted by molar-refractivity contribution is -0.137. The van der Waals surface area contributed by atoms with Crippen LogP contribution in [0.1, 0.15) is 5.56 Å². The zero-order valence-electron chi connectivity index (χ0n) is 10.5. The molecule has 0 atom stereocenters. The SMILES string of the molecule is N#Cc1ccc(Cl)cc1S(=O)(=O)N(CC(N)=O)CC(=O)O. The molecule has 8 nitrogen and oxygen atoms in total. The van der Waals surface area contributed by atoms with Gasteiger partial charge >= 0.3 is 5.97 Å². The number of carbonyl (C=O) groups excluding carboxylic acids is 1. The van der Waals surface area contributed by atoms with E-state index in [2.05, 4.69) is 0 Å². The molecule has 0 fully saturated rings. The highest BCUT2D eigenvalue weighted by Gasteiger charge is 2.30. The molecule has 0 unspecified atom stereocenters. The number of nitrogens with two attached hydrogens (primary N) is 1. The van der Waals surface area contributed by atoms with E-state index < -0.39 is 39.9 Å². The molecule has 10 heteroatoms. The van der Waals surface area contributed by atoms with E-state index in [0.29, 0.717) is 4.31 Å². The van der Waals surface area contributed by atoms with E-state index in [1.807, 2.05) is 0 Å². The average Bonchev–Trinajstić information content (AvgIpc) is 2.36. The van der Waals surface area contributed by atoms with Crippen molar-refractivity contribution in [3.63, 3.8) is 0 Å². The van der Waals surface area contributed by atoms with Gasteiger partial charge in [-0.1, -0.05) is 11.6 Å². The Bertz CT molecular complexity index is 710. The van der Waals surface area contributed by atoms with Crippen LogP contribution in [0.3, 0.4) is 0 Å². The summed E-state index contributed by atoms with van der Waals surface area (Å²) >= 11 is 5.70. The molecule has 0 heterocycles. The van der Waals surface area contributed by atoms with Crippen LogP contribution in [-0.2, 0) is 19.6 Å². The van der Waals surface area contributed by atoms with Crippen LogP contribution >= 0.6 is 11.6 Å². The summed E-state index contributed by atoms with van der Waals surface area (Å²) in [4.78, 5) is 21.2. The Labute approximate surface area is 125 Å². The molecule has 0 aliphatic heterocycles. The molecule has 21 heavy (non-hydrogen) atoms. The summed E-state index contributed by atoms with van der Waals surface area (Å²) in [5.41, 5.74) is 4.69. The van der Waals surface area contributed by atoms with Crippen LogP contribution in [-0.4, -0.2) is 42.8 Å². The molecule has 1 aromatic carbocycles. The highest BCUT2D eigenvalue weighted by atomic mass is 35.5. The molecule has 0 saturated heterocycles. The van der Waals surface area contributed by atoms with E-state index >= 15 is 0 Å². The van der Waals surface area contributed by atoms with Crippen molar-refractivity contribution in [2.24, 2.45) is 5.73 Å². The zero-order chi connectivity index (χ0) is 16.2. The Balaban J connectivity index is 3.41. The van der Waals surface area contributed by atoms with E-state index in [1.165, 1.54) is 12.1 Å². The highest BCUT2D eigenvalue weighted by molar-refractivity contribution is 7.89. The summed E-state index contributed by atoms with van der Waals surface area (Å²) in [5.74, 6) is -2.50. The lowest BCUT2D eigenvalue weighted by Crippen LogP contribution is -2.41. The topological polar surface area (TPSA) is 142 Å². The van der Waals surface area contributed by atoms with Crippen molar-refractivity contribution in [1.29, 1.82) is 5.26 Å². The van der Waals surface area contributed by atoms with Crippen molar-refractivity contribution in [3.05, 3.63) is 28.8 Å². The van der Waals surface area contributed by atoms with Crippen LogP contribution in [0.5, 0.6) is 0 Å². The molecule has 112 valence electrons. The zero-order valence-corrected chi connectivity index (χ0v) is 12.1. The number of benzene rings is 1. The van der Waals surface area contributed by atoms with Crippen LogP contribution in [0.4, 0.5) is 0 Å². The van der Waals surface area contributed by atoms with Gasteiger partial charge in [-0.3, -0.25) is 9.59 Å². The lowest BCUT2D eigenvalue weighted by atomic mass is 10.2. The normalized spacial score (nSPS) is 11.1. The van der Waals surface area contributed by atoms with Crippen LogP contribution in [0.2, 0.25) is 5.02 Å². The third kappa shape index (κ3) is 4.16. The third-order valence-corrected chi connectivity index (χ3v) is 4.39. The summed E-state index contributed by atoms with van der Waals surface area (Å²) in [6, 6.07) is 5.16. The van der Waals surface area contributed by atoms with Gasteiger partial charge in [-0.15, -0.1) is 0 Å². The molecule has 3 N–H and O–H groups in total. The van der Waals surface area contributed by atoms with E-state index in [-0.39, 0.29) is 10.6 Å². The molecule has 0 saturated carbocycles. The number of carboxylic acid groups (broad SMARTS) is 1. The Hall–Kier alpha value is -2.15. The van der Waals surface area contributed by atoms with Crippen LogP contribution in [0, 0.1) is 11.3 Å². The molecule has 1 amide bonds. The fourth-order valence-corrected chi connectivity index (χ4v) is 3.25. The molecule has 0 bridgehead atoms. The Kier molecular flexibility index (Phi) is 5.26. The van der Waals surface area contributed by atoms with Crippen molar-refractivity contribution in [3.8, 4) is 6.07 Å². The van der Waals surface area contributed by atoms with Gasteiger partial charge in [-0.2, -0.15) is 9.57 Å². The number of carbonyl (C=O) groups is 2. The summed E-state index contributed by atoms with van der Waals surface area (Å²) in [6.07, 6.45) is 0. The minimum Gasteiger partial charge on any atom is -0.480 e. The van der Waals surface area contributed by atoms with Gasteiger partial charge in [0.15, 0.2) is 0 Å². The summed E-state index contributed by atoms with van der Waals surface area (Å²) in [5, 5.41) is 17.7. The minimum absolute atomic E-state index is 0.0434.